The van der Waals surface area contributed by atoms with Crippen LogP contribution in [-0.4, -0.2) is 45.1 Å². The molecule has 0 radical (unpaired) electrons. The van der Waals surface area contributed by atoms with Gasteiger partial charge in [-0.3, -0.25) is 19.6 Å². The van der Waals surface area contributed by atoms with Crippen LogP contribution in [0.2, 0.25) is 0 Å². The quantitative estimate of drug-likeness (QED) is 0.357. The number of aliphatic imine (C=N–C) groups is 2. The van der Waals surface area contributed by atoms with Crippen molar-refractivity contribution in [2.45, 2.75) is 0 Å². The fraction of sp³-hybridized carbons (Fsp3) is 0.375. The van der Waals surface area contributed by atoms with E-state index in [2.05, 4.69) is 16.7 Å². The first-order valence-corrected chi connectivity index (χ1v) is 3.57. The highest BCUT2D eigenvalue weighted by atomic mass is 16.7. The zero-order valence-corrected chi connectivity index (χ0v) is 8.02. The standard InChI is InChI=1S/C8H13N3O2/c1-9-5-7(6-10-2)8(12)11(3)13-4/h5-6H,1H2,2-4H3/b7-5+,10-6?. The Bertz CT molecular complexity index is 246. The summed E-state index contributed by atoms with van der Waals surface area (Å²) in [5.41, 5.74) is 0.321. The van der Waals surface area contributed by atoms with Gasteiger partial charge in [0.05, 0.1) is 12.7 Å². The Morgan fingerprint density at radius 1 is 1.62 bits per heavy atom. The summed E-state index contributed by atoms with van der Waals surface area (Å²) in [4.78, 5) is 23.3. The number of hydrogen-bond donors (Lipinski definition) is 0. The van der Waals surface area contributed by atoms with Gasteiger partial charge >= 0.3 is 0 Å². The lowest BCUT2D eigenvalue weighted by Gasteiger charge is -2.12. The van der Waals surface area contributed by atoms with Crippen LogP contribution in [-0.2, 0) is 9.63 Å². The molecule has 72 valence electrons. The van der Waals surface area contributed by atoms with Crippen molar-refractivity contribution in [1.29, 1.82) is 0 Å². The first-order valence-electron chi connectivity index (χ1n) is 3.57. The summed E-state index contributed by atoms with van der Waals surface area (Å²) >= 11 is 0. The molecule has 0 saturated carbocycles. The van der Waals surface area contributed by atoms with Crippen LogP contribution in [0.4, 0.5) is 0 Å². The molecule has 0 rings (SSSR count). The van der Waals surface area contributed by atoms with Crippen molar-refractivity contribution in [2.24, 2.45) is 9.98 Å². The molecule has 0 aliphatic rings. The lowest BCUT2D eigenvalue weighted by molar-refractivity contribution is -0.163. The number of carbonyl (C=O) groups is 1. The van der Waals surface area contributed by atoms with E-state index >= 15 is 0 Å². The van der Waals surface area contributed by atoms with Crippen LogP contribution in [0.1, 0.15) is 0 Å². The number of likely N-dealkylation sites (N-methyl/N-ethyl adjacent to an activating group) is 1. The monoisotopic (exact) mass is 183 g/mol. The van der Waals surface area contributed by atoms with Gasteiger partial charge in [0, 0.05) is 26.5 Å². The molecule has 0 heterocycles. The summed E-state index contributed by atoms with van der Waals surface area (Å²) in [6, 6.07) is 0. The molecule has 0 aromatic heterocycles. The van der Waals surface area contributed by atoms with Crippen molar-refractivity contribution in [2.75, 3.05) is 21.2 Å². The molecule has 0 aliphatic carbocycles. The number of hydroxylamine groups is 2. The van der Waals surface area contributed by atoms with Gasteiger partial charge in [0.1, 0.15) is 0 Å². The third kappa shape index (κ3) is 3.62. The molecule has 0 unspecified atom stereocenters. The van der Waals surface area contributed by atoms with Crippen molar-refractivity contribution in [3.63, 3.8) is 0 Å². The molecule has 0 aliphatic heterocycles. The molecule has 0 atom stereocenters. The summed E-state index contributed by atoms with van der Waals surface area (Å²) in [5, 5.41) is 1.08. The first kappa shape index (κ1) is 11.5. The topological polar surface area (TPSA) is 54.3 Å². The zero-order chi connectivity index (χ0) is 10.3. The second-order valence-electron chi connectivity index (χ2n) is 2.14. The number of amides is 1. The van der Waals surface area contributed by atoms with Crippen LogP contribution in [0, 0.1) is 0 Å². The molecule has 0 bridgehead atoms. The maximum absolute atomic E-state index is 11.4. The van der Waals surface area contributed by atoms with Crippen LogP contribution >= 0.6 is 0 Å². The minimum absolute atomic E-state index is 0.319. The molecule has 5 heteroatoms. The minimum atomic E-state index is -0.319. The van der Waals surface area contributed by atoms with Gasteiger partial charge in [-0.15, -0.1) is 0 Å². The van der Waals surface area contributed by atoms with Gasteiger partial charge in [-0.05, 0) is 6.72 Å². The third-order valence-corrected chi connectivity index (χ3v) is 1.31. The molecule has 0 spiro atoms. The highest BCUT2D eigenvalue weighted by molar-refractivity contribution is 6.11. The summed E-state index contributed by atoms with van der Waals surface area (Å²) in [7, 11) is 4.47. The van der Waals surface area contributed by atoms with Gasteiger partial charge in [-0.25, -0.2) is 5.06 Å². The number of carbonyl (C=O) groups excluding carboxylic acids is 1. The zero-order valence-electron chi connectivity index (χ0n) is 8.02. The summed E-state index contributed by atoms with van der Waals surface area (Å²) in [6.45, 7) is 3.25. The average molecular weight is 183 g/mol. The Labute approximate surface area is 77.4 Å². The Balaban J connectivity index is 4.65. The fourth-order valence-corrected chi connectivity index (χ4v) is 0.646. The van der Waals surface area contributed by atoms with E-state index in [-0.39, 0.29) is 5.91 Å². The van der Waals surface area contributed by atoms with Crippen molar-refractivity contribution in [3.8, 4) is 0 Å². The third-order valence-electron chi connectivity index (χ3n) is 1.31. The van der Waals surface area contributed by atoms with E-state index in [1.54, 1.807) is 7.05 Å². The minimum Gasteiger partial charge on any atom is -0.296 e. The predicted molar refractivity (Wildman–Crippen MR) is 51.8 cm³/mol. The molecule has 0 saturated heterocycles. The van der Waals surface area contributed by atoms with E-state index in [1.165, 1.54) is 26.6 Å². The van der Waals surface area contributed by atoms with Crippen molar-refractivity contribution in [3.05, 3.63) is 11.8 Å². The Morgan fingerprint density at radius 2 is 2.23 bits per heavy atom. The van der Waals surface area contributed by atoms with Gasteiger partial charge in [-0.1, -0.05) is 0 Å². The van der Waals surface area contributed by atoms with Crippen LogP contribution in [0.25, 0.3) is 0 Å². The van der Waals surface area contributed by atoms with Crippen LogP contribution in [0.3, 0.4) is 0 Å². The highest BCUT2D eigenvalue weighted by Gasteiger charge is 2.11. The van der Waals surface area contributed by atoms with E-state index < -0.39 is 0 Å². The second kappa shape index (κ2) is 6.07. The predicted octanol–water partition coefficient (Wildman–Crippen LogP) is 0.291. The molecule has 13 heavy (non-hydrogen) atoms. The molecule has 0 aromatic rings. The van der Waals surface area contributed by atoms with Crippen molar-refractivity contribution in [1.82, 2.24) is 5.06 Å². The van der Waals surface area contributed by atoms with Crippen molar-refractivity contribution >= 4 is 18.8 Å². The SMILES string of the molecule is C=N/C=C(\C=NC)C(=O)N(C)OC. The molecular weight excluding hydrogens is 170 g/mol. The van der Waals surface area contributed by atoms with E-state index in [0.29, 0.717) is 5.57 Å². The van der Waals surface area contributed by atoms with Gasteiger partial charge < -0.3 is 0 Å². The molecule has 0 aromatic carbocycles. The molecule has 5 nitrogen and oxygen atoms in total. The first-order chi connectivity index (χ1) is 6.17. The average Bonchev–Trinajstić information content (AvgIpc) is 2.15. The fourth-order valence-electron chi connectivity index (χ4n) is 0.646. The molecular formula is C8H13N3O2. The number of rotatable bonds is 4. The Morgan fingerprint density at radius 3 is 2.62 bits per heavy atom. The summed E-state index contributed by atoms with van der Waals surface area (Å²) in [5.74, 6) is -0.319. The van der Waals surface area contributed by atoms with E-state index in [1.807, 2.05) is 0 Å². The summed E-state index contributed by atoms with van der Waals surface area (Å²) < 4.78 is 0. The Kier molecular flexibility index (Phi) is 5.38. The normalized spacial score (nSPS) is 11.8. The maximum atomic E-state index is 11.4. The van der Waals surface area contributed by atoms with Crippen molar-refractivity contribution < 1.29 is 9.63 Å². The van der Waals surface area contributed by atoms with Gasteiger partial charge in [0.25, 0.3) is 5.91 Å². The van der Waals surface area contributed by atoms with Gasteiger partial charge in [-0.2, -0.15) is 0 Å². The molecule has 0 fully saturated rings. The van der Waals surface area contributed by atoms with Gasteiger partial charge in [0.2, 0.25) is 0 Å². The van der Waals surface area contributed by atoms with E-state index in [4.69, 9.17) is 4.84 Å². The number of nitrogens with zero attached hydrogens (tertiary/aromatic N) is 3. The van der Waals surface area contributed by atoms with Gasteiger partial charge in [0.15, 0.2) is 0 Å². The molecule has 1 amide bonds. The largest absolute Gasteiger partial charge is 0.296 e. The smallest absolute Gasteiger partial charge is 0.280 e. The number of hydrogen-bond acceptors (Lipinski definition) is 4. The summed E-state index contributed by atoms with van der Waals surface area (Å²) in [6.07, 6.45) is 2.72. The molecule has 0 N–H and O–H groups in total. The van der Waals surface area contributed by atoms with Crippen LogP contribution in [0.5, 0.6) is 0 Å². The lowest BCUT2D eigenvalue weighted by atomic mass is 10.3. The van der Waals surface area contributed by atoms with E-state index in [0.717, 1.165) is 5.06 Å². The maximum Gasteiger partial charge on any atom is 0.280 e. The highest BCUT2D eigenvalue weighted by Crippen LogP contribution is 1.98. The Hall–Kier alpha value is -1.49. The van der Waals surface area contributed by atoms with Crippen LogP contribution in [0.15, 0.2) is 21.8 Å². The second-order valence-corrected chi connectivity index (χ2v) is 2.14. The van der Waals surface area contributed by atoms with E-state index in [9.17, 15) is 4.79 Å². The van der Waals surface area contributed by atoms with Crippen LogP contribution < -0.4 is 0 Å². The lowest BCUT2D eigenvalue weighted by Crippen LogP contribution is -2.27.